The van der Waals surface area contributed by atoms with Gasteiger partial charge in [0.1, 0.15) is 0 Å². The highest BCUT2D eigenvalue weighted by atomic mass is 32.2. The summed E-state index contributed by atoms with van der Waals surface area (Å²) < 4.78 is 15.8. The second-order valence-electron chi connectivity index (χ2n) is 6.32. The summed E-state index contributed by atoms with van der Waals surface area (Å²) in [6.07, 6.45) is 3.47. The van der Waals surface area contributed by atoms with Gasteiger partial charge < -0.3 is 9.54 Å². The van der Waals surface area contributed by atoms with Crippen LogP contribution in [0.1, 0.15) is 11.1 Å². The second-order valence-corrected chi connectivity index (χ2v) is 7.59. The normalized spacial score (nSPS) is 12.1. The van der Waals surface area contributed by atoms with Gasteiger partial charge in [0.05, 0.1) is 17.9 Å². The third-order valence-electron chi connectivity index (χ3n) is 4.33. The summed E-state index contributed by atoms with van der Waals surface area (Å²) in [5, 5.41) is 8.49. The van der Waals surface area contributed by atoms with Crippen molar-refractivity contribution < 1.29 is 4.55 Å². The molecular weight excluding hydrogens is 370 g/mol. The van der Waals surface area contributed by atoms with Gasteiger partial charge in [-0.2, -0.15) is 0 Å². The van der Waals surface area contributed by atoms with Crippen LogP contribution in [0.15, 0.2) is 78.0 Å². The van der Waals surface area contributed by atoms with Crippen LogP contribution in [-0.4, -0.2) is 24.7 Å². The number of rotatable bonds is 6. The van der Waals surface area contributed by atoms with E-state index < -0.39 is 11.4 Å². The Morgan fingerprint density at radius 3 is 2.50 bits per heavy atom. The van der Waals surface area contributed by atoms with Gasteiger partial charge >= 0.3 is 0 Å². The Labute approximate surface area is 166 Å². The van der Waals surface area contributed by atoms with Gasteiger partial charge in [0.2, 0.25) is 0 Å². The van der Waals surface area contributed by atoms with Crippen LogP contribution < -0.4 is 4.72 Å². The predicted molar refractivity (Wildman–Crippen MR) is 109 cm³/mol. The smallest absolute Gasteiger partial charge is 0.177 e. The molecule has 0 bridgehead atoms. The van der Waals surface area contributed by atoms with Crippen molar-refractivity contribution in [1.82, 2.24) is 24.9 Å². The highest BCUT2D eigenvalue weighted by molar-refractivity contribution is 7.89. The number of aromatic amines is 1. The standard InChI is InChI=1S/C21H19N5OS/c1-15-9-10-18(21-24-20(25-26-21)17-7-3-2-4-8-17)12-19(15)28(27)23-14-16-6-5-11-22-13-16/h2-13,23H,14H2,1H3,(H,24,25,26). The fourth-order valence-electron chi connectivity index (χ4n) is 2.79. The molecule has 0 aliphatic heterocycles. The van der Waals surface area contributed by atoms with E-state index in [2.05, 4.69) is 24.9 Å². The van der Waals surface area contributed by atoms with Crippen molar-refractivity contribution in [3.63, 3.8) is 0 Å². The molecule has 0 saturated carbocycles. The van der Waals surface area contributed by atoms with E-state index in [0.717, 1.165) is 27.1 Å². The lowest BCUT2D eigenvalue weighted by Gasteiger charge is -2.13. The zero-order chi connectivity index (χ0) is 19.3. The number of pyridine rings is 1. The number of H-pyrrole nitrogens is 1. The van der Waals surface area contributed by atoms with Gasteiger partial charge in [-0.05, 0) is 18.6 Å². The number of hydrogen-bond acceptors (Lipinski definition) is 5. The molecule has 7 heteroatoms. The molecule has 2 aromatic carbocycles. The topological polar surface area (TPSA) is 89.5 Å². The first-order chi connectivity index (χ1) is 13.7. The maximum Gasteiger partial charge on any atom is 0.177 e. The van der Waals surface area contributed by atoms with Crippen LogP contribution in [0.5, 0.6) is 0 Å². The average Bonchev–Trinajstić information content (AvgIpc) is 3.24. The van der Waals surface area contributed by atoms with E-state index >= 15 is 0 Å². The lowest BCUT2D eigenvalue weighted by Crippen LogP contribution is -2.24. The van der Waals surface area contributed by atoms with Crippen LogP contribution in [0, 0.1) is 6.92 Å². The SMILES string of the molecule is Cc1ccc(-c2nnc(-c3ccccc3)[nH]2)cc1[S+]([O-])NCc1cccnc1. The minimum absolute atomic E-state index is 0.477. The molecule has 1 unspecified atom stereocenters. The Balaban J connectivity index is 1.54. The number of aryl methyl sites for hydroxylation is 1. The minimum Gasteiger partial charge on any atom is -0.593 e. The summed E-state index contributed by atoms with van der Waals surface area (Å²) in [4.78, 5) is 8.04. The third kappa shape index (κ3) is 4.12. The van der Waals surface area contributed by atoms with Crippen molar-refractivity contribution in [3.05, 3.63) is 84.2 Å². The Morgan fingerprint density at radius 1 is 0.964 bits per heavy atom. The van der Waals surface area contributed by atoms with E-state index in [0.29, 0.717) is 18.2 Å². The van der Waals surface area contributed by atoms with Crippen molar-refractivity contribution in [1.29, 1.82) is 0 Å². The van der Waals surface area contributed by atoms with Gasteiger partial charge in [-0.25, -0.2) is 0 Å². The van der Waals surface area contributed by atoms with Crippen LogP contribution in [0.3, 0.4) is 0 Å². The molecule has 140 valence electrons. The van der Waals surface area contributed by atoms with Gasteiger partial charge in [0.25, 0.3) is 0 Å². The van der Waals surface area contributed by atoms with Gasteiger partial charge in [0, 0.05) is 35.2 Å². The average molecular weight is 389 g/mol. The first-order valence-electron chi connectivity index (χ1n) is 8.84. The maximum atomic E-state index is 12.8. The summed E-state index contributed by atoms with van der Waals surface area (Å²) in [7, 11) is 0. The summed E-state index contributed by atoms with van der Waals surface area (Å²) in [6.45, 7) is 2.42. The number of benzene rings is 2. The zero-order valence-electron chi connectivity index (χ0n) is 15.3. The fraction of sp³-hybridized carbons (Fsp3) is 0.0952. The van der Waals surface area contributed by atoms with Gasteiger partial charge in [-0.1, -0.05) is 48.5 Å². The van der Waals surface area contributed by atoms with E-state index in [4.69, 9.17) is 0 Å². The first kappa shape index (κ1) is 18.4. The van der Waals surface area contributed by atoms with Crippen molar-refractivity contribution in [2.24, 2.45) is 0 Å². The Hall–Kier alpha value is -3.00. The molecular formula is C21H19N5OS. The summed E-state index contributed by atoms with van der Waals surface area (Å²) >= 11 is -1.35. The molecule has 2 heterocycles. The van der Waals surface area contributed by atoms with Crippen molar-refractivity contribution in [3.8, 4) is 22.8 Å². The van der Waals surface area contributed by atoms with Crippen molar-refractivity contribution in [2.75, 3.05) is 0 Å². The van der Waals surface area contributed by atoms with Gasteiger partial charge in [-0.15, -0.1) is 14.9 Å². The van der Waals surface area contributed by atoms with Crippen LogP contribution in [0.25, 0.3) is 22.8 Å². The van der Waals surface area contributed by atoms with E-state index in [1.165, 1.54) is 0 Å². The van der Waals surface area contributed by atoms with E-state index in [1.807, 2.05) is 67.6 Å². The molecule has 2 N–H and O–H groups in total. The Bertz CT molecular complexity index is 1050. The molecule has 0 amide bonds. The molecule has 0 spiro atoms. The molecule has 28 heavy (non-hydrogen) atoms. The summed E-state index contributed by atoms with van der Waals surface area (Å²) in [5.41, 5.74) is 3.73. The second kappa shape index (κ2) is 8.35. The van der Waals surface area contributed by atoms with Crippen LogP contribution in [-0.2, 0) is 17.9 Å². The number of nitrogens with zero attached hydrogens (tertiary/aromatic N) is 3. The lowest BCUT2D eigenvalue weighted by atomic mass is 10.1. The molecule has 0 aliphatic carbocycles. The molecule has 6 nitrogen and oxygen atoms in total. The van der Waals surface area contributed by atoms with Crippen molar-refractivity contribution >= 4 is 11.4 Å². The monoisotopic (exact) mass is 389 g/mol. The molecule has 4 rings (SSSR count). The predicted octanol–water partition coefficient (Wildman–Crippen LogP) is 3.65. The summed E-state index contributed by atoms with van der Waals surface area (Å²) in [6, 6.07) is 19.4. The van der Waals surface area contributed by atoms with Crippen molar-refractivity contribution in [2.45, 2.75) is 18.4 Å². The highest BCUT2D eigenvalue weighted by Crippen LogP contribution is 2.24. The van der Waals surface area contributed by atoms with Crippen LogP contribution >= 0.6 is 0 Å². The number of aromatic nitrogens is 4. The molecule has 0 saturated heterocycles. The Kier molecular flexibility index (Phi) is 5.48. The third-order valence-corrected chi connectivity index (χ3v) is 5.57. The van der Waals surface area contributed by atoms with Crippen LogP contribution in [0.2, 0.25) is 0 Å². The van der Waals surface area contributed by atoms with E-state index in [9.17, 15) is 4.55 Å². The van der Waals surface area contributed by atoms with Crippen LogP contribution in [0.4, 0.5) is 0 Å². The quantitative estimate of drug-likeness (QED) is 0.491. The fourth-order valence-corrected chi connectivity index (χ4v) is 3.84. The molecule has 0 radical (unpaired) electrons. The molecule has 1 atom stereocenters. The van der Waals surface area contributed by atoms with E-state index in [-0.39, 0.29) is 0 Å². The number of hydrogen-bond donors (Lipinski definition) is 2. The van der Waals surface area contributed by atoms with E-state index in [1.54, 1.807) is 12.4 Å². The molecule has 0 fully saturated rings. The Morgan fingerprint density at radius 2 is 1.75 bits per heavy atom. The zero-order valence-corrected chi connectivity index (χ0v) is 16.1. The largest absolute Gasteiger partial charge is 0.593 e. The first-order valence-corrected chi connectivity index (χ1v) is 9.99. The highest BCUT2D eigenvalue weighted by Gasteiger charge is 2.17. The summed E-state index contributed by atoms with van der Waals surface area (Å²) in [5.74, 6) is 1.35. The molecule has 4 aromatic rings. The van der Waals surface area contributed by atoms with Gasteiger partial charge in [0.15, 0.2) is 16.5 Å². The lowest BCUT2D eigenvalue weighted by molar-refractivity contribution is 0.579. The minimum atomic E-state index is -1.35. The number of nitrogens with one attached hydrogen (secondary N) is 2. The molecule has 2 aromatic heterocycles. The molecule has 0 aliphatic rings. The maximum absolute atomic E-state index is 12.8. The van der Waals surface area contributed by atoms with Gasteiger partial charge in [-0.3, -0.25) is 4.98 Å².